The average Bonchev–Trinajstić information content (AvgIpc) is 2.91. The summed E-state index contributed by atoms with van der Waals surface area (Å²) in [6, 6.07) is 4.68. The smallest absolute Gasteiger partial charge is 0.336 e. The number of carboxylic acids is 1. The summed E-state index contributed by atoms with van der Waals surface area (Å²) in [7, 11) is 1.71. The molecule has 0 unspecified atom stereocenters. The van der Waals surface area contributed by atoms with Crippen LogP contribution in [0.3, 0.4) is 0 Å². The molecule has 21 heavy (non-hydrogen) atoms. The number of nitrogen functional groups attached to an aromatic ring is 1. The highest BCUT2D eigenvalue weighted by Crippen LogP contribution is 2.28. The van der Waals surface area contributed by atoms with Crippen LogP contribution in [0.2, 0.25) is 0 Å². The van der Waals surface area contributed by atoms with Crippen molar-refractivity contribution in [2.24, 2.45) is 5.92 Å². The van der Waals surface area contributed by atoms with Gasteiger partial charge < -0.3 is 15.7 Å². The van der Waals surface area contributed by atoms with Gasteiger partial charge in [-0.2, -0.15) is 0 Å². The molecule has 0 radical (unpaired) electrons. The van der Waals surface area contributed by atoms with Crippen LogP contribution in [0.4, 0.5) is 5.69 Å². The van der Waals surface area contributed by atoms with Gasteiger partial charge >= 0.3 is 5.97 Å². The number of aromatic carboxylic acids is 1. The third kappa shape index (κ3) is 3.97. The molecule has 1 aromatic rings. The van der Waals surface area contributed by atoms with Crippen molar-refractivity contribution < 1.29 is 14.7 Å². The molecule has 0 aliphatic heterocycles. The number of hydrogen-bond donors (Lipinski definition) is 2. The lowest BCUT2D eigenvalue weighted by Crippen LogP contribution is -2.28. The van der Waals surface area contributed by atoms with Crippen LogP contribution in [0.1, 0.15) is 48.0 Å². The van der Waals surface area contributed by atoms with Crippen LogP contribution < -0.4 is 5.73 Å². The Morgan fingerprint density at radius 2 is 2.00 bits per heavy atom. The summed E-state index contributed by atoms with van der Waals surface area (Å²) in [5.74, 6) is -0.443. The minimum Gasteiger partial charge on any atom is -0.478 e. The number of carbonyl (C=O) groups excluding carboxylic acids is 1. The second-order valence-corrected chi connectivity index (χ2v) is 5.83. The Bertz CT molecular complexity index is 536. The van der Waals surface area contributed by atoms with E-state index in [1.165, 1.54) is 18.9 Å². The number of amides is 1. The van der Waals surface area contributed by atoms with E-state index in [2.05, 4.69) is 0 Å². The Hall–Kier alpha value is -2.04. The van der Waals surface area contributed by atoms with Crippen LogP contribution >= 0.6 is 0 Å². The molecule has 0 bridgehead atoms. The molecule has 1 saturated carbocycles. The van der Waals surface area contributed by atoms with Crippen LogP contribution in [0.25, 0.3) is 0 Å². The van der Waals surface area contributed by atoms with E-state index in [4.69, 9.17) is 5.73 Å². The number of rotatable bonds is 5. The molecule has 0 saturated heterocycles. The van der Waals surface area contributed by atoms with Crippen LogP contribution in [0, 0.1) is 5.92 Å². The minimum atomic E-state index is -0.998. The number of carbonyl (C=O) groups is 2. The van der Waals surface area contributed by atoms with Gasteiger partial charge in [-0.3, -0.25) is 4.79 Å². The van der Waals surface area contributed by atoms with Crippen molar-refractivity contribution in [3.8, 4) is 0 Å². The molecule has 0 spiro atoms. The lowest BCUT2D eigenvalue weighted by Gasteiger charge is -2.20. The van der Waals surface area contributed by atoms with E-state index in [0.29, 0.717) is 23.6 Å². The fourth-order valence-electron chi connectivity index (χ4n) is 2.91. The predicted octanol–water partition coefficient (Wildman–Crippen LogP) is 2.51. The van der Waals surface area contributed by atoms with Gasteiger partial charge in [-0.25, -0.2) is 4.79 Å². The van der Waals surface area contributed by atoms with Gasteiger partial charge in [-0.1, -0.05) is 12.8 Å². The highest BCUT2D eigenvalue weighted by molar-refractivity contribution is 5.90. The van der Waals surface area contributed by atoms with Crippen molar-refractivity contribution in [2.75, 3.05) is 12.8 Å². The van der Waals surface area contributed by atoms with Crippen molar-refractivity contribution in [3.05, 3.63) is 29.3 Å². The molecule has 0 heterocycles. The van der Waals surface area contributed by atoms with E-state index in [1.54, 1.807) is 24.1 Å². The number of benzene rings is 1. The SMILES string of the molecule is CN(Cc1cc(N)ccc1C(=O)O)C(=O)CC1CCCC1. The molecule has 1 aliphatic rings. The molecule has 3 N–H and O–H groups in total. The first-order chi connectivity index (χ1) is 9.97. The molecule has 1 aromatic carbocycles. The van der Waals surface area contributed by atoms with Gasteiger partial charge in [0.25, 0.3) is 0 Å². The number of nitrogens with two attached hydrogens (primary N) is 1. The summed E-state index contributed by atoms with van der Waals surface area (Å²) >= 11 is 0. The Labute approximate surface area is 124 Å². The van der Waals surface area contributed by atoms with Crippen molar-refractivity contribution in [1.82, 2.24) is 4.90 Å². The summed E-state index contributed by atoms with van der Waals surface area (Å²) in [5.41, 5.74) is 6.99. The van der Waals surface area contributed by atoms with Gasteiger partial charge in [0.05, 0.1) is 5.56 Å². The van der Waals surface area contributed by atoms with Crippen molar-refractivity contribution in [2.45, 2.75) is 38.6 Å². The summed E-state index contributed by atoms with van der Waals surface area (Å²) in [6.45, 7) is 0.276. The normalized spacial score (nSPS) is 15.1. The van der Waals surface area contributed by atoms with Crippen LogP contribution in [-0.2, 0) is 11.3 Å². The standard InChI is InChI=1S/C16H22N2O3/c1-18(15(19)8-11-4-2-3-5-11)10-12-9-13(17)6-7-14(12)16(20)21/h6-7,9,11H,2-5,8,10,17H2,1H3,(H,20,21). The van der Waals surface area contributed by atoms with Gasteiger partial charge in [0, 0.05) is 25.7 Å². The molecule has 5 nitrogen and oxygen atoms in total. The first kappa shape index (κ1) is 15.4. The Balaban J connectivity index is 2.04. The highest BCUT2D eigenvalue weighted by Gasteiger charge is 2.21. The molecular formula is C16H22N2O3. The van der Waals surface area contributed by atoms with Gasteiger partial charge in [0.15, 0.2) is 0 Å². The minimum absolute atomic E-state index is 0.0701. The van der Waals surface area contributed by atoms with Crippen LogP contribution in [-0.4, -0.2) is 28.9 Å². The Kier molecular flexibility index (Phi) is 4.83. The third-order valence-electron chi connectivity index (χ3n) is 4.13. The first-order valence-corrected chi connectivity index (χ1v) is 7.33. The monoisotopic (exact) mass is 290 g/mol. The van der Waals surface area contributed by atoms with Crippen LogP contribution in [0.15, 0.2) is 18.2 Å². The van der Waals surface area contributed by atoms with Gasteiger partial charge in [-0.05, 0) is 42.5 Å². The maximum absolute atomic E-state index is 12.2. The number of carboxylic acid groups (broad SMARTS) is 1. The van der Waals surface area contributed by atoms with Gasteiger partial charge in [0.1, 0.15) is 0 Å². The van der Waals surface area contributed by atoms with Gasteiger partial charge in [0.2, 0.25) is 5.91 Å². The molecule has 1 aliphatic carbocycles. The second kappa shape index (κ2) is 6.61. The molecule has 0 atom stereocenters. The third-order valence-corrected chi connectivity index (χ3v) is 4.13. The van der Waals surface area contributed by atoms with Gasteiger partial charge in [-0.15, -0.1) is 0 Å². The fourth-order valence-corrected chi connectivity index (χ4v) is 2.91. The molecular weight excluding hydrogens is 268 g/mol. The van der Waals surface area contributed by atoms with E-state index < -0.39 is 5.97 Å². The quantitative estimate of drug-likeness (QED) is 0.816. The zero-order valence-electron chi connectivity index (χ0n) is 12.3. The average molecular weight is 290 g/mol. The zero-order chi connectivity index (χ0) is 15.4. The molecule has 1 amide bonds. The second-order valence-electron chi connectivity index (χ2n) is 5.83. The van der Waals surface area contributed by atoms with Crippen molar-refractivity contribution >= 4 is 17.6 Å². The summed E-state index contributed by atoms with van der Waals surface area (Å²) in [4.78, 5) is 25.0. The van der Waals surface area contributed by atoms with E-state index >= 15 is 0 Å². The highest BCUT2D eigenvalue weighted by atomic mass is 16.4. The Morgan fingerprint density at radius 1 is 1.33 bits per heavy atom. The summed E-state index contributed by atoms with van der Waals surface area (Å²) < 4.78 is 0. The molecule has 1 fully saturated rings. The fraction of sp³-hybridized carbons (Fsp3) is 0.500. The molecule has 0 aromatic heterocycles. The van der Waals surface area contributed by atoms with E-state index in [9.17, 15) is 14.7 Å². The Morgan fingerprint density at radius 3 is 2.62 bits per heavy atom. The number of anilines is 1. The summed E-state index contributed by atoms with van der Waals surface area (Å²) in [5, 5.41) is 9.19. The lowest BCUT2D eigenvalue weighted by atomic mass is 10.0. The molecule has 2 rings (SSSR count). The predicted molar refractivity (Wildman–Crippen MR) is 80.9 cm³/mol. The summed E-state index contributed by atoms with van der Waals surface area (Å²) in [6.07, 6.45) is 5.22. The number of hydrogen-bond acceptors (Lipinski definition) is 3. The molecule has 5 heteroatoms. The van der Waals surface area contributed by atoms with Crippen molar-refractivity contribution in [3.63, 3.8) is 0 Å². The van der Waals surface area contributed by atoms with Crippen molar-refractivity contribution in [1.29, 1.82) is 0 Å². The topological polar surface area (TPSA) is 83.6 Å². The van der Waals surface area contributed by atoms with E-state index in [1.807, 2.05) is 0 Å². The number of nitrogens with zero attached hydrogens (tertiary/aromatic N) is 1. The van der Waals surface area contributed by atoms with E-state index in [-0.39, 0.29) is 18.0 Å². The maximum Gasteiger partial charge on any atom is 0.336 e. The molecule has 114 valence electrons. The zero-order valence-corrected chi connectivity index (χ0v) is 12.3. The largest absolute Gasteiger partial charge is 0.478 e. The first-order valence-electron chi connectivity index (χ1n) is 7.33. The lowest BCUT2D eigenvalue weighted by molar-refractivity contribution is -0.131. The van der Waals surface area contributed by atoms with E-state index in [0.717, 1.165) is 12.8 Å². The van der Waals surface area contributed by atoms with Crippen LogP contribution in [0.5, 0.6) is 0 Å². The maximum atomic E-state index is 12.2.